The quantitative estimate of drug-likeness (QED) is 0.726. The van der Waals surface area contributed by atoms with Crippen molar-refractivity contribution in [1.82, 2.24) is 19.4 Å². The lowest BCUT2D eigenvalue weighted by molar-refractivity contribution is 0.0780. The molecule has 0 saturated heterocycles. The molecule has 0 atom stereocenters. The minimum Gasteiger partial charge on any atom is -0.334 e. The Labute approximate surface area is 140 Å². The Morgan fingerprint density at radius 1 is 1.21 bits per heavy atom. The molecule has 1 saturated carbocycles. The molecule has 4 rings (SSSR count). The Bertz CT molecular complexity index is 867. The van der Waals surface area contributed by atoms with Crippen LogP contribution in [0.5, 0.6) is 0 Å². The summed E-state index contributed by atoms with van der Waals surface area (Å²) in [5, 5.41) is 0. The first-order valence-electron chi connectivity index (χ1n) is 8.33. The van der Waals surface area contributed by atoms with E-state index in [1.54, 1.807) is 11.1 Å². The van der Waals surface area contributed by atoms with Crippen molar-refractivity contribution in [3.8, 4) is 0 Å². The van der Waals surface area contributed by atoms with Crippen LogP contribution in [0, 0.1) is 5.92 Å². The Hall–Kier alpha value is -2.69. The van der Waals surface area contributed by atoms with Crippen molar-refractivity contribution in [1.29, 1.82) is 0 Å². The molecule has 0 spiro atoms. The van der Waals surface area contributed by atoms with Crippen LogP contribution in [0.4, 0.5) is 0 Å². The molecule has 1 aliphatic carbocycles. The summed E-state index contributed by atoms with van der Waals surface area (Å²) >= 11 is 0. The van der Waals surface area contributed by atoms with Crippen LogP contribution >= 0.6 is 0 Å². The molecule has 1 aromatic carbocycles. The standard InChI is InChI=1S/C19H20N4O/c1-22(19(24)15-6-3-2-4-7-15)13-17-21-16-8-5-11-20-18(16)23(17)12-14-9-10-14/h2-8,11,14H,9-10,12-13H2,1H3. The monoisotopic (exact) mass is 320 g/mol. The van der Waals surface area contributed by atoms with Crippen LogP contribution in [0.25, 0.3) is 11.2 Å². The molecule has 0 aliphatic heterocycles. The van der Waals surface area contributed by atoms with E-state index in [2.05, 4.69) is 9.55 Å². The molecule has 0 bridgehead atoms. The van der Waals surface area contributed by atoms with Crippen LogP contribution in [0.1, 0.15) is 29.0 Å². The number of pyridine rings is 1. The van der Waals surface area contributed by atoms with Crippen molar-refractivity contribution < 1.29 is 4.79 Å². The molecular formula is C19H20N4O. The zero-order valence-corrected chi connectivity index (χ0v) is 13.7. The lowest BCUT2D eigenvalue weighted by atomic mass is 10.2. The maximum atomic E-state index is 12.6. The molecular weight excluding hydrogens is 300 g/mol. The van der Waals surface area contributed by atoms with Gasteiger partial charge in [0.25, 0.3) is 5.91 Å². The average molecular weight is 320 g/mol. The second-order valence-corrected chi connectivity index (χ2v) is 6.46. The van der Waals surface area contributed by atoms with E-state index in [0.717, 1.165) is 29.5 Å². The number of amides is 1. The van der Waals surface area contributed by atoms with E-state index in [-0.39, 0.29) is 5.91 Å². The zero-order chi connectivity index (χ0) is 16.5. The van der Waals surface area contributed by atoms with Crippen molar-refractivity contribution in [3.63, 3.8) is 0 Å². The minimum atomic E-state index is 0.00795. The van der Waals surface area contributed by atoms with Gasteiger partial charge in [-0.25, -0.2) is 9.97 Å². The van der Waals surface area contributed by atoms with E-state index in [1.807, 2.05) is 49.5 Å². The number of hydrogen-bond donors (Lipinski definition) is 0. The van der Waals surface area contributed by atoms with Crippen molar-refractivity contribution in [2.45, 2.75) is 25.9 Å². The highest BCUT2D eigenvalue weighted by molar-refractivity contribution is 5.93. The van der Waals surface area contributed by atoms with Crippen molar-refractivity contribution in [2.24, 2.45) is 5.92 Å². The summed E-state index contributed by atoms with van der Waals surface area (Å²) in [6.45, 7) is 1.42. The topological polar surface area (TPSA) is 51.0 Å². The predicted molar refractivity (Wildman–Crippen MR) is 92.5 cm³/mol. The molecule has 2 aromatic heterocycles. The average Bonchev–Trinajstić information content (AvgIpc) is 3.37. The Kier molecular flexibility index (Phi) is 3.76. The molecule has 24 heavy (non-hydrogen) atoms. The van der Waals surface area contributed by atoms with Gasteiger partial charge in [-0.15, -0.1) is 0 Å². The van der Waals surface area contributed by atoms with Gasteiger partial charge >= 0.3 is 0 Å². The normalized spacial score (nSPS) is 14.0. The highest BCUT2D eigenvalue weighted by Crippen LogP contribution is 2.32. The molecule has 0 N–H and O–H groups in total. The summed E-state index contributed by atoms with van der Waals surface area (Å²) in [5.41, 5.74) is 2.51. The molecule has 0 radical (unpaired) electrons. The van der Waals surface area contributed by atoms with Gasteiger partial charge in [-0.1, -0.05) is 18.2 Å². The third-order valence-corrected chi connectivity index (χ3v) is 4.47. The van der Waals surface area contributed by atoms with Gasteiger partial charge in [0.1, 0.15) is 11.3 Å². The van der Waals surface area contributed by atoms with Gasteiger partial charge in [0.2, 0.25) is 0 Å². The van der Waals surface area contributed by atoms with Gasteiger partial charge in [0.15, 0.2) is 5.65 Å². The fraction of sp³-hybridized carbons (Fsp3) is 0.316. The van der Waals surface area contributed by atoms with E-state index >= 15 is 0 Å². The van der Waals surface area contributed by atoms with Gasteiger partial charge in [-0.2, -0.15) is 0 Å². The first kappa shape index (κ1) is 14.9. The lowest BCUT2D eigenvalue weighted by Crippen LogP contribution is -2.27. The van der Waals surface area contributed by atoms with Crippen LogP contribution in [-0.4, -0.2) is 32.4 Å². The first-order chi connectivity index (χ1) is 11.7. The minimum absolute atomic E-state index is 0.00795. The largest absolute Gasteiger partial charge is 0.334 e. The molecule has 0 unspecified atom stereocenters. The van der Waals surface area contributed by atoms with E-state index in [4.69, 9.17) is 4.98 Å². The Balaban J connectivity index is 1.62. The summed E-state index contributed by atoms with van der Waals surface area (Å²) in [6, 6.07) is 13.2. The number of nitrogens with zero attached hydrogens (tertiary/aromatic N) is 4. The molecule has 5 nitrogen and oxygen atoms in total. The predicted octanol–water partition coefficient (Wildman–Crippen LogP) is 3.11. The van der Waals surface area contributed by atoms with Crippen molar-refractivity contribution >= 4 is 17.1 Å². The fourth-order valence-electron chi connectivity index (χ4n) is 2.96. The molecule has 1 aliphatic rings. The molecule has 3 aromatic rings. The number of rotatable bonds is 5. The van der Waals surface area contributed by atoms with Gasteiger partial charge in [-0.05, 0) is 43.0 Å². The van der Waals surface area contributed by atoms with E-state index in [0.29, 0.717) is 12.1 Å². The summed E-state index contributed by atoms with van der Waals surface area (Å²) in [4.78, 5) is 23.5. The molecule has 122 valence electrons. The third-order valence-electron chi connectivity index (χ3n) is 4.47. The van der Waals surface area contributed by atoms with E-state index in [1.165, 1.54) is 12.8 Å². The number of carbonyl (C=O) groups excluding carboxylic acids is 1. The van der Waals surface area contributed by atoms with Crippen LogP contribution in [0.3, 0.4) is 0 Å². The summed E-state index contributed by atoms with van der Waals surface area (Å²) in [6.07, 6.45) is 4.34. The number of carbonyl (C=O) groups is 1. The Morgan fingerprint density at radius 3 is 2.75 bits per heavy atom. The first-order valence-corrected chi connectivity index (χ1v) is 8.33. The van der Waals surface area contributed by atoms with Crippen molar-refractivity contribution in [2.75, 3.05) is 7.05 Å². The van der Waals surface area contributed by atoms with E-state index < -0.39 is 0 Å². The number of benzene rings is 1. The summed E-state index contributed by atoms with van der Waals surface area (Å²) < 4.78 is 2.18. The number of imidazole rings is 1. The molecule has 1 amide bonds. The zero-order valence-electron chi connectivity index (χ0n) is 13.7. The van der Waals surface area contributed by atoms with Crippen LogP contribution < -0.4 is 0 Å². The van der Waals surface area contributed by atoms with Crippen molar-refractivity contribution in [3.05, 3.63) is 60.0 Å². The van der Waals surface area contributed by atoms with Gasteiger partial charge in [0.05, 0.1) is 6.54 Å². The molecule has 1 fully saturated rings. The third kappa shape index (κ3) is 2.89. The summed E-state index contributed by atoms with van der Waals surface area (Å²) in [5.74, 6) is 1.63. The summed E-state index contributed by atoms with van der Waals surface area (Å²) in [7, 11) is 1.82. The molecule has 5 heteroatoms. The highest BCUT2D eigenvalue weighted by Gasteiger charge is 2.25. The van der Waals surface area contributed by atoms with Crippen LogP contribution in [0.15, 0.2) is 48.7 Å². The van der Waals surface area contributed by atoms with Gasteiger partial charge in [0, 0.05) is 25.4 Å². The maximum Gasteiger partial charge on any atom is 0.253 e. The number of fused-ring (bicyclic) bond motifs is 1. The van der Waals surface area contributed by atoms with E-state index in [9.17, 15) is 4.79 Å². The Morgan fingerprint density at radius 2 is 2.00 bits per heavy atom. The van der Waals surface area contributed by atoms with Gasteiger partial charge < -0.3 is 9.47 Å². The number of hydrogen-bond acceptors (Lipinski definition) is 3. The number of aromatic nitrogens is 3. The lowest BCUT2D eigenvalue weighted by Gasteiger charge is -2.18. The highest BCUT2D eigenvalue weighted by atomic mass is 16.2. The second kappa shape index (κ2) is 6.07. The van der Waals surface area contributed by atoms with Crippen LogP contribution in [-0.2, 0) is 13.1 Å². The SMILES string of the molecule is CN(Cc1nc2cccnc2n1CC1CC1)C(=O)c1ccccc1. The second-order valence-electron chi connectivity index (χ2n) is 6.46. The van der Waals surface area contributed by atoms with Gasteiger partial charge in [-0.3, -0.25) is 4.79 Å². The fourth-order valence-corrected chi connectivity index (χ4v) is 2.96. The van der Waals surface area contributed by atoms with Crippen LogP contribution in [0.2, 0.25) is 0 Å². The maximum absolute atomic E-state index is 12.6. The molecule has 2 heterocycles. The smallest absolute Gasteiger partial charge is 0.253 e.